The van der Waals surface area contributed by atoms with Gasteiger partial charge in [0.2, 0.25) is 5.91 Å². The molecule has 0 spiro atoms. The summed E-state index contributed by atoms with van der Waals surface area (Å²) in [6.45, 7) is 3.89. The molecule has 0 saturated heterocycles. The standard InChI is InChI=1S/C27H25ClN4O2/c1-18-16-19(2)32(31-18)25-15-9-8-14-23(25)29-26(33)17-24(20-10-4-3-5-11-20)30-27(34)21-12-6-7-13-22(21)28/h3-16,24H,17H2,1-2H3,(H,29,33)(H,30,34). The first kappa shape index (κ1) is 23.3. The molecule has 1 heterocycles. The maximum absolute atomic E-state index is 13.1. The van der Waals surface area contributed by atoms with Crippen molar-refractivity contribution < 1.29 is 9.59 Å². The number of nitrogens with zero attached hydrogens (tertiary/aromatic N) is 2. The number of hydrogen-bond donors (Lipinski definition) is 2. The first-order valence-electron chi connectivity index (χ1n) is 10.9. The second-order valence-corrected chi connectivity index (χ2v) is 8.43. The SMILES string of the molecule is Cc1cc(C)n(-c2ccccc2NC(=O)CC(NC(=O)c2ccccc2Cl)c2ccccc2)n1. The molecule has 0 aliphatic carbocycles. The maximum atomic E-state index is 13.1. The molecule has 34 heavy (non-hydrogen) atoms. The summed E-state index contributed by atoms with van der Waals surface area (Å²) in [7, 11) is 0. The molecule has 0 aliphatic rings. The van der Waals surface area contributed by atoms with Gasteiger partial charge >= 0.3 is 0 Å². The molecule has 0 radical (unpaired) electrons. The highest BCUT2D eigenvalue weighted by atomic mass is 35.5. The van der Waals surface area contributed by atoms with Crippen LogP contribution >= 0.6 is 11.6 Å². The molecular formula is C27H25ClN4O2. The Morgan fingerprint density at radius 1 is 0.941 bits per heavy atom. The van der Waals surface area contributed by atoms with E-state index in [1.807, 2.05) is 74.5 Å². The molecule has 0 aliphatic heterocycles. The van der Waals surface area contributed by atoms with Crippen molar-refractivity contribution in [2.75, 3.05) is 5.32 Å². The van der Waals surface area contributed by atoms with E-state index in [0.717, 1.165) is 22.6 Å². The Labute approximate surface area is 203 Å². The summed E-state index contributed by atoms with van der Waals surface area (Å²) in [5, 5.41) is 10.8. The predicted octanol–water partition coefficient (Wildman–Crippen LogP) is 5.64. The van der Waals surface area contributed by atoms with Crippen LogP contribution in [0.15, 0.2) is 84.9 Å². The van der Waals surface area contributed by atoms with E-state index in [1.165, 1.54) is 0 Å². The summed E-state index contributed by atoms with van der Waals surface area (Å²) in [6.07, 6.45) is 0.0473. The molecule has 6 nitrogen and oxygen atoms in total. The fraction of sp³-hybridized carbons (Fsp3) is 0.148. The zero-order chi connectivity index (χ0) is 24.1. The Morgan fingerprint density at radius 3 is 2.32 bits per heavy atom. The van der Waals surface area contributed by atoms with Crippen molar-refractivity contribution in [3.05, 3.63) is 112 Å². The van der Waals surface area contributed by atoms with Crippen molar-refractivity contribution in [3.63, 3.8) is 0 Å². The Morgan fingerprint density at radius 2 is 1.62 bits per heavy atom. The third kappa shape index (κ3) is 5.35. The van der Waals surface area contributed by atoms with Crippen molar-refractivity contribution in [1.29, 1.82) is 0 Å². The number of anilines is 1. The lowest BCUT2D eigenvalue weighted by Crippen LogP contribution is -2.31. The molecule has 4 aromatic rings. The molecule has 0 fully saturated rings. The summed E-state index contributed by atoms with van der Waals surface area (Å²) in [6, 6.07) is 25.2. The molecule has 172 valence electrons. The van der Waals surface area contributed by atoms with Crippen LogP contribution in [-0.4, -0.2) is 21.6 Å². The van der Waals surface area contributed by atoms with Crippen LogP contribution < -0.4 is 10.6 Å². The van der Waals surface area contributed by atoms with E-state index >= 15 is 0 Å². The minimum Gasteiger partial charge on any atom is -0.345 e. The van der Waals surface area contributed by atoms with Gasteiger partial charge in [0.25, 0.3) is 5.91 Å². The number of carbonyl (C=O) groups excluding carboxylic acids is 2. The van der Waals surface area contributed by atoms with Gasteiger partial charge < -0.3 is 10.6 Å². The second kappa shape index (κ2) is 10.4. The molecular weight excluding hydrogens is 448 g/mol. The molecule has 0 bridgehead atoms. The summed E-state index contributed by atoms with van der Waals surface area (Å²) in [4.78, 5) is 26.1. The smallest absolute Gasteiger partial charge is 0.253 e. The average molecular weight is 473 g/mol. The lowest BCUT2D eigenvalue weighted by atomic mass is 10.0. The first-order chi connectivity index (χ1) is 16.4. The third-order valence-electron chi connectivity index (χ3n) is 5.43. The molecule has 0 saturated carbocycles. The van der Waals surface area contributed by atoms with Crippen LogP contribution in [0, 0.1) is 13.8 Å². The van der Waals surface area contributed by atoms with E-state index in [1.54, 1.807) is 28.9 Å². The molecule has 3 aromatic carbocycles. The van der Waals surface area contributed by atoms with Crippen LogP contribution in [0.2, 0.25) is 5.02 Å². The van der Waals surface area contributed by atoms with Gasteiger partial charge in [-0.25, -0.2) is 4.68 Å². The van der Waals surface area contributed by atoms with Gasteiger partial charge in [-0.2, -0.15) is 5.10 Å². The fourth-order valence-corrected chi connectivity index (χ4v) is 4.06. The highest BCUT2D eigenvalue weighted by molar-refractivity contribution is 6.33. The quantitative estimate of drug-likeness (QED) is 0.365. The van der Waals surface area contributed by atoms with Gasteiger partial charge in [-0.1, -0.05) is 66.2 Å². The Hall–Kier alpha value is -3.90. The van der Waals surface area contributed by atoms with Gasteiger partial charge in [0.1, 0.15) is 0 Å². The van der Waals surface area contributed by atoms with E-state index < -0.39 is 6.04 Å². The number of para-hydroxylation sites is 2. The van der Waals surface area contributed by atoms with E-state index in [9.17, 15) is 9.59 Å². The van der Waals surface area contributed by atoms with Crippen LogP contribution in [0.25, 0.3) is 5.69 Å². The van der Waals surface area contributed by atoms with Crippen LogP contribution in [0.5, 0.6) is 0 Å². The molecule has 7 heteroatoms. The molecule has 1 atom stereocenters. The van der Waals surface area contributed by atoms with E-state index in [-0.39, 0.29) is 18.2 Å². The molecule has 1 unspecified atom stereocenters. The number of benzene rings is 3. The maximum Gasteiger partial charge on any atom is 0.253 e. The van der Waals surface area contributed by atoms with Gasteiger partial charge in [-0.15, -0.1) is 0 Å². The number of halogens is 1. The lowest BCUT2D eigenvalue weighted by Gasteiger charge is -2.20. The topological polar surface area (TPSA) is 76.0 Å². The van der Waals surface area contributed by atoms with Gasteiger partial charge in [0.05, 0.1) is 40.1 Å². The Bertz CT molecular complexity index is 1320. The zero-order valence-corrected chi connectivity index (χ0v) is 19.7. The van der Waals surface area contributed by atoms with Crippen LogP contribution in [-0.2, 0) is 4.79 Å². The summed E-state index contributed by atoms with van der Waals surface area (Å²) >= 11 is 6.20. The van der Waals surface area contributed by atoms with Crippen LogP contribution in [0.1, 0.15) is 39.8 Å². The number of carbonyl (C=O) groups is 2. The normalized spacial score (nSPS) is 11.6. The predicted molar refractivity (Wildman–Crippen MR) is 134 cm³/mol. The fourth-order valence-electron chi connectivity index (χ4n) is 3.84. The highest BCUT2D eigenvalue weighted by Gasteiger charge is 2.21. The van der Waals surface area contributed by atoms with Gasteiger partial charge in [-0.05, 0) is 49.7 Å². The van der Waals surface area contributed by atoms with Crippen molar-refractivity contribution >= 4 is 29.1 Å². The van der Waals surface area contributed by atoms with Crippen molar-refractivity contribution in [2.24, 2.45) is 0 Å². The Balaban J connectivity index is 1.56. The van der Waals surface area contributed by atoms with Gasteiger partial charge in [0, 0.05) is 5.69 Å². The second-order valence-electron chi connectivity index (χ2n) is 8.02. The van der Waals surface area contributed by atoms with E-state index in [4.69, 9.17) is 11.6 Å². The monoisotopic (exact) mass is 472 g/mol. The van der Waals surface area contributed by atoms with Crippen LogP contribution in [0.4, 0.5) is 5.69 Å². The molecule has 4 rings (SSSR count). The minimum absolute atomic E-state index is 0.0473. The molecule has 1 aromatic heterocycles. The van der Waals surface area contributed by atoms with Crippen LogP contribution in [0.3, 0.4) is 0 Å². The average Bonchev–Trinajstić information content (AvgIpc) is 3.17. The lowest BCUT2D eigenvalue weighted by molar-refractivity contribution is -0.116. The first-order valence-corrected chi connectivity index (χ1v) is 11.3. The zero-order valence-electron chi connectivity index (χ0n) is 19.0. The van der Waals surface area contributed by atoms with E-state index in [0.29, 0.717) is 16.3 Å². The van der Waals surface area contributed by atoms with Crippen molar-refractivity contribution in [2.45, 2.75) is 26.3 Å². The third-order valence-corrected chi connectivity index (χ3v) is 5.76. The Kier molecular flexibility index (Phi) is 7.09. The number of aromatic nitrogens is 2. The summed E-state index contributed by atoms with van der Waals surface area (Å²) in [5.41, 5.74) is 4.46. The number of hydrogen-bond acceptors (Lipinski definition) is 3. The summed E-state index contributed by atoms with van der Waals surface area (Å²) in [5.74, 6) is -0.572. The van der Waals surface area contributed by atoms with Crippen molar-refractivity contribution in [3.8, 4) is 5.69 Å². The number of amides is 2. The minimum atomic E-state index is -0.536. The summed E-state index contributed by atoms with van der Waals surface area (Å²) < 4.78 is 1.80. The number of rotatable bonds is 7. The number of nitrogens with one attached hydrogen (secondary N) is 2. The van der Waals surface area contributed by atoms with Crippen molar-refractivity contribution in [1.82, 2.24) is 15.1 Å². The molecule has 2 N–H and O–H groups in total. The van der Waals surface area contributed by atoms with E-state index in [2.05, 4.69) is 15.7 Å². The van der Waals surface area contributed by atoms with Gasteiger partial charge in [0.15, 0.2) is 0 Å². The largest absolute Gasteiger partial charge is 0.345 e. The van der Waals surface area contributed by atoms with Gasteiger partial charge in [-0.3, -0.25) is 9.59 Å². The highest BCUT2D eigenvalue weighted by Crippen LogP contribution is 2.24. The number of aryl methyl sites for hydroxylation is 2. The molecule has 2 amide bonds.